The van der Waals surface area contributed by atoms with Gasteiger partial charge in [0.1, 0.15) is 11.3 Å². The van der Waals surface area contributed by atoms with Crippen LogP contribution < -0.4 is 10.1 Å². The van der Waals surface area contributed by atoms with Crippen LogP contribution >= 0.6 is 0 Å². The summed E-state index contributed by atoms with van der Waals surface area (Å²) in [5.74, 6) is 0.878. The number of nitrogens with one attached hydrogen (secondary N) is 1. The molecule has 0 bridgehead atoms. The summed E-state index contributed by atoms with van der Waals surface area (Å²) in [5, 5.41) is 4.55. The molecule has 1 N–H and O–H groups in total. The monoisotopic (exact) mass is 267 g/mol. The summed E-state index contributed by atoms with van der Waals surface area (Å²) in [4.78, 5) is 0. The van der Waals surface area contributed by atoms with E-state index in [0.717, 1.165) is 28.0 Å². The lowest BCUT2D eigenvalue weighted by atomic mass is 10.2. The van der Waals surface area contributed by atoms with Crippen molar-refractivity contribution in [3.05, 3.63) is 60.4 Å². The molecular weight excluding hydrogens is 250 g/mol. The summed E-state index contributed by atoms with van der Waals surface area (Å²) in [6, 6.07) is 16.0. The number of hydrogen-bond donors (Lipinski definition) is 1. The Morgan fingerprint density at radius 3 is 2.75 bits per heavy atom. The predicted molar refractivity (Wildman–Crippen MR) is 81.2 cm³/mol. The average molecular weight is 267 g/mol. The molecule has 20 heavy (non-hydrogen) atoms. The average Bonchev–Trinajstić information content (AvgIpc) is 2.90. The first kappa shape index (κ1) is 12.6. The highest BCUT2D eigenvalue weighted by Crippen LogP contribution is 2.26. The zero-order valence-corrected chi connectivity index (χ0v) is 11.4. The molecule has 2 aromatic carbocycles. The third-order valence-corrected chi connectivity index (χ3v) is 3.22. The van der Waals surface area contributed by atoms with Crippen molar-refractivity contribution in [2.24, 2.45) is 0 Å². The molecule has 102 valence electrons. The molecular formula is C17H17NO2. The van der Waals surface area contributed by atoms with Crippen LogP contribution in [0.3, 0.4) is 0 Å². The van der Waals surface area contributed by atoms with Gasteiger partial charge >= 0.3 is 0 Å². The molecule has 0 atom stereocenters. The number of rotatable bonds is 5. The lowest BCUT2D eigenvalue weighted by Crippen LogP contribution is -2.02. The smallest absolute Gasteiger partial charge is 0.142 e. The van der Waals surface area contributed by atoms with Crippen LogP contribution in [0.15, 0.2) is 59.2 Å². The van der Waals surface area contributed by atoms with Gasteiger partial charge in [-0.3, -0.25) is 0 Å². The van der Waals surface area contributed by atoms with E-state index in [0.29, 0.717) is 13.2 Å². The van der Waals surface area contributed by atoms with Gasteiger partial charge in [0.15, 0.2) is 0 Å². The Bertz CT molecular complexity index is 703. The number of anilines is 1. The first-order valence-electron chi connectivity index (χ1n) is 6.79. The van der Waals surface area contributed by atoms with Crippen LogP contribution in [0, 0.1) is 0 Å². The van der Waals surface area contributed by atoms with Crippen molar-refractivity contribution in [1.29, 1.82) is 0 Å². The summed E-state index contributed by atoms with van der Waals surface area (Å²) >= 11 is 0. The highest BCUT2D eigenvalue weighted by molar-refractivity contribution is 5.81. The minimum atomic E-state index is 0.660. The fraction of sp³-hybridized carbons (Fsp3) is 0.176. The van der Waals surface area contributed by atoms with Crippen LogP contribution in [-0.2, 0) is 6.54 Å². The van der Waals surface area contributed by atoms with Crippen LogP contribution in [0.1, 0.15) is 12.5 Å². The van der Waals surface area contributed by atoms with E-state index in [1.807, 2.05) is 49.4 Å². The van der Waals surface area contributed by atoms with Crippen molar-refractivity contribution in [2.75, 3.05) is 11.9 Å². The maximum atomic E-state index is 5.61. The number of benzene rings is 2. The Labute approximate surface area is 118 Å². The van der Waals surface area contributed by atoms with Gasteiger partial charge in [0, 0.05) is 17.5 Å². The quantitative estimate of drug-likeness (QED) is 0.742. The van der Waals surface area contributed by atoms with Crippen molar-refractivity contribution in [3.8, 4) is 5.75 Å². The topological polar surface area (TPSA) is 34.4 Å². The van der Waals surface area contributed by atoms with E-state index < -0.39 is 0 Å². The van der Waals surface area contributed by atoms with E-state index in [4.69, 9.17) is 9.15 Å². The molecule has 0 radical (unpaired) electrons. The Kier molecular flexibility index (Phi) is 3.59. The van der Waals surface area contributed by atoms with E-state index in [9.17, 15) is 0 Å². The van der Waals surface area contributed by atoms with E-state index in [1.165, 1.54) is 0 Å². The minimum absolute atomic E-state index is 0.660. The predicted octanol–water partition coefficient (Wildman–Crippen LogP) is 4.44. The molecule has 0 aliphatic carbocycles. The van der Waals surface area contributed by atoms with Gasteiger partial charge in [0.2, 0.25) is 0 Å². The Morgan fingerprint density at radius 2 is 1.85 bits per heavy atom. The minimum Gasteiger partial charge on any atom is -0.492 e. The lowest BCUT2D eigenvalue weighted by molar-refractivity contribution is 0.341. The molecule has 3 nitrogen and oxygen atoms in total. The summed E-state index contributed by atoms with van der Waals surface area (Å²) in [5.41, 5.74) is 3.06. The van der Waals surface area contributed by atoms with E-state index in [1.54, 1.807) is 6.26 Å². The van der Waals surface area contributed by atoms with Crippen molar-refractivity contribution in [2.45, 2.75) is 13.5 Å². The molecule has 0 saturated heterocycles. The normalized spacial score (nSPS) is 10.7. The molecule has 0 aliphatic heterocycles. The summed E-state index contributed by atoms with van der Waals surface area (Å²) < 4.78 is 11.2. The van der Waals surface area contributed by atoms with Gasteiger partial charge in [0.05, 0.1) is 18.6 Å². The molecule has 0 aliphatic rings. The van der Waals surface area contributed by atoms with Gasteiger partial charge in [-0.05, 0) is 25.1 Å². The fourth-order valence-corrected chi connectivity index (χ4v) is 2.25. The van der Waals surface area contributed by atoms with Crippen molar-refractivity contribution < 1.29 is 9.15 Å². The van der Waals surface area contributed by atoms with Gasteiger partial charge in [-0.1, -0.05) is 30.3 Å². The number of ether oxygens (including phenoxy) is 1. The van der Waals surface area contributed by atoms with Gasteiger partial charge < -0.3 is 14.5 Å². The number of hydrogen-bond acceptors (Lipinski definition) is 3. The summed E-state index contributed by atoms with van der Waals surface area (Å²) in [6.45, 7) is 3.36. The van der Waals surface area contributed by atoms with Crippen LogP contribution in [0.2, 0.25) is 0 Å². The van der Waals surface area contributed by atoms with Crippen molar-refractivity contribution in [3.63, 3.8) is 0 Å². The van der Waals surface area contributed by atoms with Crippen LogP contribution in [0.25, 0.3) is 11.0 Å². The van der Waals surface area contributed by atoms with Crippen LogP contribution in [0.4, 0.5) is 5.69 Å². The lowest BCUT2D eigenvalue weighted by Gasteiger charge is -2.11. The molecule has 0 saturated carbocycles. The second kappa shape index (κ2) is 5.70. The second-order valence-electron chi connectivity index (χ2n) is 4.54. The molecule has 3 aromatic rings. The second-order valence-corrected chi connectivity index (χ2v) is 4.54. The summed E-state index contributed by atoms with van der Waals surface area (Å²) in [6.07, 6.45) is 1.81. The maximum absolute atomic E-state index is 5.61. The molecule has 3 heteroatoms. The molecule has 3 rings (SSSR count). The zero-order valence-electron chi connectivity index (χ0n) is 11.4. The number of fused-ring (bicyclic) bond motifs is 1. The number of para-hydroxylation sites is 3. The first-order valence-corrected chi connectivity index (χ1v) is 6.79. The van der Waals surface area contributed by atoms with Gasteiger partial charge in [-0.25, -0.2) is 0 Å². The summed E-state index contributed by atoms with van der Waals surface area (Å²) in [7, 11) is 0. The third kappa shape index (κ3) is 2.48. The number of furan rings is 1. The Hall–Kier alpha value is -2.42. The highest BCUT2D eigenvalue weighted by atomic mass is 16.5. The molecule has 1 aromatic heterocycles. The fourth-order valence-electron chi connectivity index (χ4n) is 2.25. The molecule has 0 unspecified atom stereocenters. The van der Waals surface area contributed by atoms with E-state index in [2.05, 4.69) is 11.4 Å². The van der Waals surface area contributed by atoms with Crippen molar-refractivity contribution >= 4 is 16.7 Å². The van der Waals surface area contributed by atoms with Crippen LogP contribution in [-0.4, -0.2) is 6.61 Å². The first-order chi connectivity index (χ1) is 9.88. The van der Waals surface area contributed by atoms with Crippen molar-refractivity contribution in [1.82, 2.24) is 0 Å². The molecule has 0 fully saturated rings. The molecule has 1 heterocycles. The van der Waals surface area contributed by atoms with Gasteiger partial charge in [-0.15, -0.1) is 0 Å². The zero-order chi connectivity index (χ0) is 13.8. The van der Waals surface area contributed by atoms with Crippen LogP contribution in [0.5, 0.6) is 5.75 Å². The Balaban J connectivity index is 1.80. The van der Waals surface area contributed by atoms with E-state index in [-0.39, 0.29) is 0 Å². The Morgan fingerprint density at radius 1 is 1.05 bits per heavy atom. The molecule has 0 spiro atoms. The van der Waals surface area contributed by atoms with Gasteiger partial charge in [-0.2, -0.15) is 0 Å². The maximum Gasteiger partial charge on any atom is 0.142 e. The largest absolute Gasteiger partial charge is 0.492 e. The van der Waals surface area contributed by atoms with E-state index >= 15 is 0 Å². The third-order valence-electron chi connectivity index (χ3n) is 3.22. The van der Waals surface area contributed by atoms with Gasteiger partial charge in [0.25, 0.3) is 0 Å². The standard InChI is InChI=1S/C17H17NO2/c1-2-19-17-10-6-4-8-15(17)18-11-13-12-20-16-9-5-3-7-14(13)16/h3-10,12,18H,2,11H2,1H3. The SMILES string of the molecule is CCOc1ccccc1NCc1coc2ccccc12. The highest BCUT2D eigenvalue weighted by Gasteiger charge is 2.06. The molecule has 0 amide bonds.